The number of benzene rings is 1. The van der Waals surface area contributed by atoms with E-state index in [0.717, 1.165) is 0 Å². The fourth-order valence-electron chi connectivity index (χ4n) is 2.44. The summed E-state index contributed by atoms with van der Waals surface area (Å²) in [7, 11) is 0. The van der Waals surface area contributed by atoms with Gasteiger partial charge >= 0.3 is 11.9 Å². The van der Waals surface area contributed by atoms with Crippen molar-refractivity contribution in [2.24, 2.45) is 0 Å². The summed E-state index contributed by atoms with van der Waals surface area (Å²) in [4.78, 5) is 33.6. The van der Waals surface area contributed by atoms with Gasteiger partial charge in [0, 0.05) is 24.4 Å². The maximum absolute atomic E-state index is 12.3. The molecular weight excluding hydrogens is 386 g/mol. The Labute approximate surface area is 146 Å². The first kappa shape index (κ1) is 18.3. The first-order valence-corrected chi connectivity index (χ1v) is 8.29. The number of rotatable bonds is 5. The van der Waals surface area contributed by atoms with E-state index >= 15 is 0 Å². The second-order valence-electron chi connectivity index (χ2n) is 5.28. The van der Waals surface area contributed by atoms with Crippen LogP contribution in [0.25, 0.3) is 0 Å². The van der Waals surface area contributed by atoms with E-state index in [1.54, 1.807) is 6.92 Å². The molecule has 0 N–H and O–H groups in total. The number of hydrogen-bond donors (Lipinski definition) is 0. The molecule has 1 aromatic rings. The van der Waals surface area contributed by atoms with E-state index in [0.29, 0.717) is 5.33 Å². The zero-order valence-electron chi connectivity index (χ0n) is 13.0. The van der Waals surface area contributed by atoms with E-state index in [-0.39, 0.29) is 11.3 Å². The van der Waals surface area contributed by atoms with E-state index in [1.165, 1.54) is 31.2 Å². The number of carbonyl (C=O) groups excluding carboxylic acids is 2. The number of alkyl halides is 1. The van der Waals surface area contributed by atoms with Gasteiger partial charge in [0.15, 0.2) is 12.2 Å². The van der Waals surface area contributed by atoms with Crippen LogP contribution in [0.5, 0.6) is 0 Å². The van der Waals surface area contributed by atoms with Gasteiger partial charge in [-0.05, 0) is 19.1 Å². The summed E-state index contributed by atoms with van der Waals surface area (Å²) in [6.07, 6.45) is -2.38. The highest BCUT2D eigenvalue weighted by atomic mass is 79.9. The molecule has 0 amide bonds. The van der Waals surface area contributed by atoms with Gasteiger partial charge in [-0.2, -0.15) is 0 Å². The van der Waals surface area contributed by atoms with Crippen LogP contribution in [0.15, 0.2) is 24.3 Å². The van der Waals surface area contributed by atoms with E-state index in [9.17, 15) is 19.7 Å². The summed E-state index contributed by atoms with van der Waals surface area (Å²) in [6.45, 7) is 2.99. The minimum atomic E-state index is -0.772. The lowest BCUT2D eigenvalue weighted by Gasteiger charge is -2.22. The van der Waals surface area contributed by atoms with Gasteiger partial charge in [-0.25, -0.2) is 4.79 Å². The van der Waals surface area contributed by atoms with Crippen LogP contribution in [0.3, 0.4) is 0 Å². The maximum Gasteiger partial charge on any atom is 0.338 e. The molecule has 130 valence electrons. The number of hydrogen-bond acceptors (Lipinski definition) is 7. The Bertz CT molecular complexity index is 633. The highest BCUT2D eigenvalue weighted by molar-refractivity contribution is 9.09. The zero-order valence-corrected chi connectivity index (χ0v) is 14.6. The molecular formula is C15H16BrNO7. The quantitative estimate of drug-likeness (QED) is 0.322. The lowest BCUT2D eigenvalue weighted by atomic mass is 10.1. The van der Waals surface area contributed by atoms with Crippen molar-refractivity contribution < 1.29 is 28.7 Å². The van der Waals surface area contributed by atoms with Crippen LogP contribution in [0.4, 0.5) is 5.69 Å². The number of nitrogens with zero attached hydrogens (tertiary/aromatic N) is 1. The summed E-state index contributed by atoms with van der Waals surface area (Å²) in [5.74, 6) is -1.17. The second kappa shape index (κ2) is 7.71. The smallest absolute Gasteiger partial charge is 0.338 e. The molecule has 0 bridgehead atoms. The summed E-state index contributed by atoms with van der Waals surface area (Å²) >= 11 is 3.28. The molecule has 0 spiro atoms. The highest BCUT2D eigenvalue weighted by Crippen LogP contribution is 2.28. The van der Waals surface area contributed by atoms with Crippen molar-refractivity contribution in [2.75, 3.05) is 5.33 Å². The van der Waals surface area contributed by atoms with Gasteiger partial charge in [0.1, 0.15) is 6.10 Å². The van der Waals surface area contributed by atoms with Crippen LogP contribution in [0, 0.1) is 10.1 Å². The third-order valence-corrected chi connectivity index (χ3v) is 4.19. The van der Waals surface area contributed by atoms with Crippen LogP contribution in [0.2, 0.25) is 0 Å². The second-order valence-corrected chi connectivity index (χ2v) is 5.93. The number of halogens is 1. The van der Waals surface area contributed by atoms with Crippen molar-refractivity contribution in [1.29, 1.82) is 0 Å². The number of non-ortho nitro benzene ring substituents is 1. The van der Waals surface area contributed by atoms with Gasteiger partial charge < -0.3 is 14.2 Å². The molecule has 1 aliphatic rings. The van der Waals surface area contributed by atoms with Gasteiger partial charge in [0.25, 0.3) is 5.69 Å². The lowest BCUT2D eigenvalue weighted by molar-refractivity contribution is -0.384. The standard InChI is InChI=1S/C15H16BrNO7/c1-8-13(23-9(2)18)14(12(7-16)22-8)24-15(19)10-3-5-11(6-4-10)17(20)21/h3-6,8,12-14H,7H2,1-2H3. The van der Waals surface area contributed by atoms with Gasteiger partial charge in [-0.15, -0.1) is 0 Å². The number of ether oxygens (including phenoxy) is 3. The molecule has 4 unspecified atom stereocenters. The highest BCUT2D eigenvalue weighted by Gasteiger charge is 2.46. The number of esters is 2. The Kier molecular flexibility index (Phi) is 5.89. The number of carbonyl (C=O) groups is 2. The third kappa shape index (κ3) is 4.09. The Morgan fingerprint density at radius 1 is 1.25 bits per heavy atom. The molecule has 0 radical (unpaired) electrons. The van der Waals surface area contributed by atoms with Crippen LogP contribution in [-0.2, 0) is 19.0 Å². The van der Waals surface area contributed by atoms with Crippen molar-refractivity contribution in [3.8, 4) is 0 Å². The molecule has 1 aromatic carbocycles. The Morgan fingerprint density at radius 2 is 1.88 bits per heavy atom. The van der Waals surface area contributed by atoms with E-state index in [2.05, 4.69) is 15.9 Å². The Hall–Kier alpha value is -2.00. The molecule has 2 rings (SSSR count). The van der Waals surface area contributed by atoms with Crippen molar-refractivity contribution in [1.82, 2.24) is 0 Å². The average molecular weight is 402 g/mol. The molecule has 0 aliphatic carbocycles. The molecule has 24 heavy (non-hydrogen) atoms. The van der Waals surface area contributed by atoms with Crippen molar-refractivity contribution in [2.45, 2.75) is 38.3 Å². The van der Waals surface area contributed by atoms with Gasteiger partial charge in [-0.1, -0.05) is 15.9 Å². The minimum absolute atomic E-state index is 0.125. The molecule has 1 saturated heterocycles. The first-order valence-electron chi connectivity index (χ1n) is 7.17. The molecule has 0 aromatic heterocycles. The van der Waals surface area contributed by atoms with E-state index in [1.807, 2.05) is 0 Å². The Morgan fingerprint density at radius 3 is 2.38 bits per heavy atom. The number of nitro benzene ring substituents is 1. The van der Waals surface area contributed by atoms with Crippen molar-refractivity contribution in [3.05, 3.63) is 39.9 Å². The largest absolute Gasteiger partial charge is 0.456 e. The fourth-order valence-corrected chi connectivity index (χ4v) is 2.96. The Balaban J connectivity index is 2.14. The van der Waals surface area contributed by atoms with Gasteiger partial charge in [0.2, 0.25) is 0 Å². The molecule has 1 heterocycles. The molecule has 9 heteroatoms. The summed E-state index contributed by atoms with van der Waals surface area (Å²) in [5.41, 5.74) is 0.0375. The van der Waals surface area contributed by atoms with Crippen LogP contribution >= 0.6 is 15.9 Å². The first-order chi connectivity index (χ1) is 11.3. The predicted octanol–water partition coefficient (Wildman–Crippen LogP) is 2.23. The third-order valence-electron chi connectivity index (χ3n) is 3.55. The summed E-state index contributed by atoms with van der Waals surface area (Å²) in [5, 5.41) is 11.0. The predicted molar refractivity (Wildman–Crippen MR) is 86.0 cm³/mol. The normalized spacial score (nSPS) is 26.0. The molecule has 0 saturated carbocycles. The maximum atomic E-state index is 12.3. The van der Waals surface area contributed by atoms with Crippen LogP contribution in [-0.4, -0.2) is 46.6 Å². The van der Waals surface area contributed by atoms with E-state index in [4.69, 9.17) is 14.2 Å². The monoisotopic (exact) mass is 401 g/mol. The topological polar surface area (TPSA) is 105 Å². The number of nitro groups is 1. The molecule has 4 atom stereocenters. The molecule has 8 nitrogen and oxygen atoms in total. The van der Waals surface area contributed by atoms with Crippen LogP contribution < -0.4 is 0 Å². The molecule has 1 aliphatic heterocycles. The van der Waals surface area contributed by atoms with Crippen molar-refractivity contribution >= 4 is 33.6 Å². The van der Waals surface area contributed by atoms with Crippen LogP contribution in [0.1, 0.15) is 24.2 Å². The van der Waals surface area contributed by atoms with Gasteiger partial charge in [-0.3, -0.25) is 14.9 Å². The average Bonchev–Trinajstić information content (AvgIpc) is 2.83. The summed E-state index contributed by atoms with van der Waals surface area (Å²) < 4.78 is 16.3. The summed E-state index contributed by atoms with van der Waals surface area (Å²) in [6, 6.07) is 5.05. The molecule has 1 fully saturated rings. The fraction of sp³-hybridized carbons (Fsp3) is 0.467. The minimum Gasteiger partial charge on any atom is -0.456 e. The van der Waals surface area contributed by atoms with E-state index < -0.39 is 41.3 Å². The SMILES string of the molecule is CC(=O)OC1C(C)OC(CBr)C1OC(=O)c1ccc([N+](=O)[O-])cc1. The zero-order chi connectivity index (χ0) is 17.9. The lowest BCUT2D eigenvalue weighted by Crippen LogP contribution is -2.40. The van der Waals surface area contributed by atoms with Gasteiger partial charge in [0.05, 0.1) is 16.6 Å². The van der Waals surface area contributed by atoms with Crippen molar-refractivity contribution in [3.63, 3.8) is 0 Å².